The lowest BCUT2D eigenvalue weighted by atomic mass is 9.64. The van der Waals surface area contributed by atoms with Gasteiger partial charge >= 0.3 is 0 Å². The van der Waals surface area contributed by atoms with Crippen molar-refractivity contribution in [1.29, 1.82) is 0 Å². The van der Waals surface area contributed by atoms with Gasteiger partial charge in [-0.2, -0.15) is 0 Å². The van der Waals surface area contributed by atoms with E-state index < -0.39 is 5.41 Å². The molecule has 1 nitrogen and oxygen atoms in total. The normalized spacial score (nSPS) is 19.9. The first-order valence-corrected chi connectivity index (χ1v) is 18.2. The Hall–Kier alpha value is -5.92. The molecule has 0 aromatic heterocycles. The highest BCUT2D eigenvalue weighted by molar-refractivity contribution is 5.94. The SMILES string of the molecule is Cc1c(C2=CCC3C(=C2)C(C)(c2ccccc2)c2c3ccc3ccccc23)ccc2c1C1(c3ccccc3O2)c2ccccc2-c2ccccc21. The van der Waals surface area contributed by atoms with Crippen molar-refractivity contribution in [3.05, 3.63) is 219 Å². The number of benzene rings is 7. The Morgan fingerprint density at radius 2 is 1.24 bits per heavy atom. The fraction of sp³-hybridized carbons (Fsp3) is 0.120. The van der Waals surface area contributed by atoms with E-state index in [2.05, 4.69) is 178 Å². The molecule has 1 heteroatoms. The number of hydrogen-bond acceptors (Lipinski definition) is 1. The van der Waals surface area contributed by atoms with Gasteiger partial charge in [0.15, 0.2) is 0 Å². The molecule has 0 saturated heterocycles. The van der Waals surface area contributed by atoms with Crippen LogP contribution in [0.5, 0.6) is 11.5 Å². The molecule has 0 fully saturated rings. The Kier molecular flexibility index (Phi) is 5.84. The van der Waals surface area contributed by atoms with Crippen molar-refractivity contribution in [1.82, 2.24) is 0 Å². The van der Waals surface area contributed by atoms with E-state index in [-0.39, 0.29) is 5.41 Å². The van der Waals surface area contributed by atoms with Crippen molar-refractivity contribution < 1.29 is 4.74 Å². The van der Waals surface area contributed by atoms with Gasteiger partial charge in [0.05, 0.1) is 5.41 Å². The van der Waals surface area contributed by atoms with Crippen LogP contribution in [-0.4, -0.2) is 0 Å². The van der Waals surface area contributed by atoms with E-state index >= 15 is 0 Å². The largest absolute Gasteiger partial charge is 0.457 e. The zero-order valence-corrected chi connectivity index (χ0v) is 28.8. The maximum atomic E-state index is 6.83. The summed E-state index contributed by atoms with van der Waals surface area (Å²) in [5.41, 5.74) is 16.6. The van der Waals surface area contributed by atoms with Crippen molar-refractivity contribution >= 4 is 16.3 Å². The van der Waals surface area contributed by atoms with Gasteiger partial charge in [0.25, 0.3) is 0 Å². The van der Waals surface area contributed by atoms with E-state index in [4.69, 9.17) is 4.74 Å². The molecule has 7 aromatic carbocycles. The predicted octanol–water partition coefficient (Wildman–Crippen LogP) is 12.4. The first kappa shape index (κ1) is 28.9. The van der Waals surface area contributed by atoms with Gasteiger partial charge in [-0.05, 0) is 104 Å². The Labute approximate surface area is 299 Å². The van der Waals surface area contributed by atoms with Crippen molar-refractivity contribution in [2.45, 2.75) is 37.0 Å². The van der Waals surface area contributed by atoms with Gasteiger partial charge in [-0.3, -0.25) is 0 Å². The lowest BCUT2D eigenvalue weighted by Gasteiger charge is -2.41. The number of ether oxygens (including phenoxy) is 1. The van der Waals surface area contributed by atoms with E-state index in [0.29, 0.717) is 5.92 Å². The fourth-order valence-electron chi connectivity index (χ4n) is 10.5. The average Bonchev–Trinajstić information content (AvgIpc) is 3.63. The molecular formula is C50H36O. The minimum absolute atomic E-state index is 0.254. The molecule has 2 atom stereocenters. The van der Waals surface area contributed by atoms with Crippen LogP contribution in [0.25, 0.3) is 27.5 Å². The highest BCUT2D eigenvalue weighted by Gasteiger charge is 2.52. The molecule has 1 heterocycles. The Morgan fingerprint density at radius 1 is 0.569 bits per heavy atom. The van der Waals surface area contributed by atoms with Crippen LogP contribution in [0.4, 0.5) is 0 Å². The maximum Gasteiger partial charge on any atom is 0.132 e. The van der Waals surface area contributed by atoms with Gasteiger partial charge in [-0.1, -0.05) is 152 Å². The van der Waals surface area contributed by atoms with Gasteiger partial charge in [-0.15, -0.1) is 0 Å². The molecular weight excluding hydrogens is 617 g/mol. The van der Waals surface area contributed by atoms with Crippen molar-refractivity contribution in [3.8, 4) is 22.6 Å². The first-order chi connectivity index (χ1) is 25.1. The zero-order chi connectivity index (χ0) is 33.9. The van der Waals surface area contributed by atoms with E-state index in [1.807, 2.05) is 0 Å². The Balaban J connectivity index is 1.16. The predicted molar refractivity (Wildman–Crippen MR) is 209 cm³/mol. The van der Waals surface area contributed by atoms with E-state index in [0.717, 1.165) is 17.9 Å². The van der Waals surface area contributed by atoms with Crippen LogP contribution < -0.4 is 4.74 Å². The van der Waals surface area contributed by atoms with Crippen LogP contribution in [0.15, 0.2) is 169 Å². The third-order valence-corrected chi connectivity index (χ3v) is 12.6. The molecule has 7 aromatic rings. The third-order valence-electron chi connectivity index (χ3n) is 12.6. The number of para-hydroxylation sites is 1. The van der Waals surface area contributed by atoms with Crippen LogP contribution in [0.2, 0.25) is 0 Å². The third kappa shape index (κ3) is 3.61. The number of hydrogen-bond donors (Lipinski definition) is 0. The molecule has 1 aliphatic heterocycles. The average molecular weight is 653 g/mol. The summed E-state index contributed by atoms with van der Waals surface area (Å²) in [5.74, 6) is 2.21. The summed E-state index contributed by atoms with van der Waals surface area (Å²) in [4.78, 5) is 0. The molecule has 4 aliphatic rings. The van der Waals surface area contributed by atoms with Gasteiger partial charge < -0.3 is 4.74 Å². The molecule has 0 amide bonds. The summed E-state index contributed by atoms with van der Waals surface area (Å²) in [7, 11) is 0. The Bertz CT molecular complexity index is 2630. The number of fused-ring (bicyclic) bond motifs is 14. The minimum Gasteiger partial charge on any atom is -0.457 e. The molecule has 0 radical (unpaired) electrons. The molecule has 0 saturated carbocycles. The highest BCUT2D eigenvalue weighted by atomic mass is 16.5. The molecule has 51 heavy (non-hydrogen) atoms. The van der Waals surface area contributed by atoms with Gasteiger partial charge in [0, 0.05) is 22.5 Å². The van der Waals surface area contributed by atoms with Crippen LogP contribution >= 0.6 is 0 Å². The first-order valence-electron chi connectivity index (χ1n) is 18.2. The summed E-state index contributed by atoms with van der Waals surface area (Å²) in [6.07, 6.45) is 6.02. The topological polar surface area (TPSA) is 9.23 Å². The molecule has 2 unspecified atom stereocenters. The van der Waals surface area contributed by atoms with Crippen molar-refractivity contribution in [2.24, 2.45) is 0 Å². The summed E-state index contributed by atoms with van der Waals surface area (Å²) >= 11 is 0. The van der Waals surface area contributed by atoms with Gasteiger partial charge in [-0.25, -0.2) is 0 Å². The lowest BCUT2D eigenvalue weighted by molar-refractivity contribution is 0.435. The van der Waals surface area contributed by atoms with Gasteiger partial charge in [0.2, 0.25) is 0 Å². The second-order valence-electron chi connectivity index (χ2n) is 14.8. The van der Waals surface area contributed by atoms with Gasteiger partial charge in [0.1, 0.15) is 11.5 Å². The standard InChI is InChI=1S/C50H36O/c1-31-35(33-25-26-39-40-27-24-32-14-6-7-17-36(32)48(40)49(2,44(39)30-33)34-15-4-3-5-16-34)28-29-46-47(31)50(43-22-12-13-23-45(43)51-46)41-20-10-8-18-37(41)38-19-9-11-21-42(38)50/h3-25,27-30,39H,26H2,1-2H3. The second kappa shape index (κ2) is 10.3. The van der Waals surface area contributed by atoms with E-state index in [1.165, 1.54) is 83.1 Å². The number of rotatable bonds is 2. The monoisotopic (exact) mass is 652 g/mol. The van der Waals surface area contributed by atoms with Crippen molar-refractivity contribution in [3.63, 3.8) is 0 Å². The summed E-state index contributed by atoms with van der Waals surface area (Å²) in [5, 5.41) is 2.67. The lowest BCUT2D eigenvalue weighted by Crippen LogP contribution is -2.33. The smallest absolute Gasteiger partial charge is 0.132 e. The molecule has 1 spiro atoms. The Morgan fingerprint density at radius 3 is 2.02 bits per heavy atom. The van der Waals surface area contributed by atoms with Crippen LogP contribution in [0.3, 0.4) is 0 Å². The quantitative estimate of drug-likeness (QED) is 0.181. The molecule has 3 aliphatic carbocycles. The molecule has 242 valence electrons. The van der Waals surface area contributed by atoms with E-state index in [1.54, 1.807) is 0 Å². The summed E-state index contributed by atoms with van der Waals surface area (Å²) < 4.78 is 6.83. The maximum absolute atomic E-state index is 6.83. The number of allylic oxidation sites excluding steroid dienone is 4. The zero-order valence-electron chi connectivity index (χ0n) is 28.8. The summed E-state index contributed by atoms with van der Waals surface area (Å²) in [6.45, 7) is 4.80. The van der Waals surface area contributed by atoms with Crippen LogP contribution in [0.1, 0.15) is 69.3 Å². The highest BCUT2D eigenvalue weighted by Crippen LogP contribution is 2.64. The van der Waals surface area contributed by atoms with Crippen LogP contribution in [-0.2, 0) is 10.8 Å². The second-order valence-corrected chi connectivity index (χ2v) is 14.8. The summed E-state index contributed by atoms with van der Waals surface area (Å²) in [6, 6.07) is 56.0. The fourth-order valence-corrected chi connectivity index (χ4v) is 10.5. The van der Waals surface area contributed by atoms with Crippen LogP contribution in [0, 0.1) is 6.92 Å². The molecule has 11 rings (SSSR count). The molecule has 0 N–H and O–H groups in total. The van der Waals surface area contributed by atoms with E-state index in [9.17, 15) is 0 Å². The minimum atomic E-state index is -0.483. The molecule has 0 bridgehead atoms. The van der Waals surface area contributed by atoms with Crippen molar-refractivity contribution in [2.75, 3.05) is 0 Å².